The second kappa shape index (κ2) is 7.15. The minimum atomic E-state index is -0.103. The van der Waals surface area contributed by atoms with Crippen LogP contribution in [0.25, 0.3) is 5.78 Å². The molecule has 0 N–H and O–H groups in total. The molecule has 0 saturated heterocycles. The Balaban J connectivity index is 1.36. The molecule has 6 rings (SSSR count). The molecule has 0 aliphatic carbocycles. The van der Waals surface area contributed by atoms with E-state index in [1.165, 1.54) is 16.0 Å². The highest BCUT2D eigenvalue weighted by atomic mass is 16.1. The van der Waals surface area contributed by atoms with Gasteiger partial charge in [-0.25, -0.2) is 9.67 Å². The van der Waals surface area contributed by atoms with Crippen LogP contribution >= 0.6 is 0 Å². The molecule has 4 aromatic rings. The van der Waals surface area contributed by atoms with E-state index >= 15 is 0 Å². The Morgan fingerprint density at radius 2 is 1.97 bits per heavy atom. The highest BCUT2D eigenvalue weighted by Gasteiger charge is 2.24. The number of nitrogens with zero attached hydrogens (tertiary/aromatic N) is 8. The number of hydrogen-bond donors (Lipinski definition) is 0. The van der Waals surface area contributed by atoms with E-state index in [9.17, 15) is 4.79 Å². The lowest BCUT2D eigenvalue weighted by molar-refractivity contribution is 0.541. The average molecular weight is 429 g/mol. The van der Waals surface area contributed by atoms with Gasteiger partial charge in [-0.05, 0) is 31.9 Å². The van der Waals surface area contributed by atoms with Gasteiger partial charge in [0, 0.05) is 67.9 Å². The molecule has 2 aliphatic rings. The summed E-state index contributed by atoms with van der Waals surface area (Å²) in [4.78, 5) is 30.9. The molecule has 0 saturated carbocycles. The number of anilines is 3. The maximum atomic E-state index is 12.3. The summed E-state index contributed by atoms with van der Waals surface area (Å²) in [5.74, 6) is 2.43. The van der Waals surface area contributed by atoms with E-state index in [-0.39, 0.29) is 5.56 Å². The van der Waals surface area contributed by atoms with Crippen LogP contribution in [0.1, 0.15) is 28.9 Å². The summed E-state index contributed by atoms with van der Waals surface area (Å²) in [6.07, 6.45) is 7.59. The van der Waals surface area contributed by atoms with Crippen molar-refractivity contribution in [2.45, 2.75) is 39.8 Å². The molecule has 0 atom stereocenters. The number of aromatic nitrogens is 6. The normalized spacial score (nSPS) is 15.7. The molecule has 0 spiro atoms. The maximum Gasteiger partial charge on any atom is 0.259 e. The molecule has 9 heteroatoms. The molecule has 4 aromatic heterocycles. The molecule has 162 valence electrons. The van der Waals surface area contributed by atoms with Gasteiger partial charge in [0.1, 0.15) is 11.6 Å². The van der Waals surface area contributed by atoms with E-state index in [1.54, 1.807) is 0 Å². The quantitative estimate of drug-likeness (QED) is 0.485. The lowest BCUT2D eigenvalue weighted by Gasteiger charge is -2.33. The maximum absolute atomic E-state index is 12.3. The predicted octanol–water partition coefficient (Wildman–Crippen LogP) is 2.40. The molecule has 0 unspecified atom stereocenters. The number of fused-ring (bicyclic) bond motifs is 3. The fourth-order valence-electron chi connectivity index (χ4n) is 4.77. The Labute approximate surface area is 185 Å². The van der Waals surface area contributed by atoms with Gasteiger partial charge in [0.2, 0.25) is 5.78 Å². The van der Waals surface area contributed by atoms with Crippen LogP contribution in [-0.2, 0) is 19.5 Å². The molecule has 6 heterocycles. The van der Waals surface area contributed by atoms with E-state index in [0.29, 0.717) is 11.5 Å². The van der Waals surface area contributed by atoms with Gasteiger partial charge in [0.25, 0.3) is 5.56 Å². The molecular formula is C23H24N8O. The summed E-state index contributed by atoms with van der Waals surface area (Å²) in [5.41, 5.74) is 4.97. The van der Waals surface area contributed by atoms with Crippen LogP contribution in [-0.4, -0.2) is 42.2 Å². The van der Waals surface area contributed by atoms with Crippen LogP contribution in [0, 0.1) is 13.8 Å². The lowest BCUT2D eigenvalue weighted by atomic mass is 10.0. The summed E-state index contributed by atoms with van der Waals surface area (Å²) in [6.45, 7) is 7.28. The van der Waals surface area contributed by atoms with Crippen LogP contribution in [0.4, 0.5) is 17.3 Å². The molecule has 0 fully saturated rings. The smallest absolute Gasteiger partial charge is 0.259 e. The molecular weight excluding hydrogens is 404 g/mol. The first-order valence-corrected chi connectivity index (χ1v) is 11.0. The topological polar surface area (TPSA) is 84.5 Å². The van der Waals surface area contributed by atoms with E-state index in [4.69, 9.17) is 9.97 Å². The van der Waals surface area contributed by atoms with Gasteiger partial charge < -0.3 is 9.80 Å². The van der Waals surface area contributed by atoms with Gasteiger partial charge in [-0.2, -0.15) is 10.1 Å². The highest BCUT2D eigenvalue weighted by molar-refractivity contribution is 5.62. The third kappa shape index (κ3) is 3.04. The Kier molecular flexibility index (Phi) is 4.24. The summed E-state index contributed by atoms with van der Waals surface area (Å²) in [6, 6.07) is 5.84. The van der Waals surface area contributed by atoms with Crippen LogP contribution in [0.2, 0.25) is 0 Å². The van der Waals surface area contributed by atoms with Crippen molar-refractivity contribution < 1.29 is 0 Å². The molecule has 0 aromatic carbocycles. The SMILES string of the molecule is Cc1cc(=O)n2cc(C)c(N3CCc4ncc(N5CCCn6nccc65)cc4C3)nc2n1. The Morgan fingerprint density at radius 1 is 1.06 bits per heavy atom. The first kappa shape index (κ1) is 19.0. The molecule has 32 heavy (non-hydrogen) atoms. The second-order valence-corrected chi connectivity index (χ2v) is 8.54. The van der Waals surface area contributed by atoms with Crippen LogP contribution in [0.15, 0.2) is 41.6 Å². The zero-order valence-corrected chi connectivity index (χ0v) is 18.2. The van der Waals surface area contributed by atoms with E-state index in [0.717, 1.165) is 67.6 Å². The van der Waals surface area contributed by atoms with E-state index < -0.39 is 0 Å². The van der Waals surface area contributed by atoms with Gasteiger partial charge in [-0.3, -0.25) is 14.2 Å². The summed E-state index contributed by atoms with van der Waals surface area (Å²) in [7, 11) is 0. The van der Waals surface area contributed by atoms with Crippen LogP contribution in [0.5, 0.6) is 0 Å². The molecule has 0 amide bonds. The van der Waals surface area contributed by atoms with Gasteiger partial charge in [-0.1, -0.05) is 0 Å². The third-order valence-electron chi connectivity index (χ3n) is 6.30. The Hall–Kier alpha value is -3.75. The molecule has 0 radical (unpaired) electrons. The lowest BCUT2D eigenvalue weighted by Crippen LogP contribution is -2.33. The number of hydrogen-bond acceptors (Lipinski definition) is 7. The fourth-order valence-corrected chi connectivity index (χ4v) is 4.77. The van der Waals surface area contributed by atoms with Crippen molar-refractivity contribution in [3.63, 3.8) is 0 Å². The minimum absolute atomic E-state index is 0.103. The third-order valence-corrected chi connectivity index (χ3v) is 6.30. The first-order chi connectivity index (χ1) is 15.6. The summed E-state index contributed by atoms with van der Waals surface area (Å²) in [5, 5.41) is 4.43. The monoisotopic (exact) mass is 428 g/mol. The van der Waals surface area contributed by atoms with Gasteiger partial charge in [0.05, 0.1) is 18.1 Å². The highest BCUT2D eigenvalue weighted by Crippen LogP contribution is 2.32. The van der Waals surface area contributed by atoms with Crippen molar-refractivity contribution in [2.24, 2.45) is 0 Å². The van der Waals surface area contributed by atoms with Crippen molar-refractivity contribution in [1.29, 1.82) is 0 Å². The predicted molar refractivity (Wildman–Crippen MR) is 122 cm³/mol. The number of rotatable bonds is 2. The van der Waals surface area contributed by atoms with Crippen molar-refractivity contribution in [3.05, 3.63) is 69.7 Å². The molecule has 9 nitrogen and oxygen atoms in total. The summed E-state index contributed by atoms with van der Waals surface area (Å²) >= 11 is 0. The van der Waals surface area contributed by atoms with Crippen LogP contribution in [0.3, 0.4) is 0 Å². The standard InChI is InChI=1S/C23H24N8O/c1-15-13-30-21(32)10-16(2)26-23(30)27-22(15)28-9-5-19-17(14-28)11-18(12-24-19)29-7-3-8-31-20(29)4-6-25-31/h4,6,10-13H,3,5,7-9,14H2,1-2H3. The van der Waals surface area contributed by atoms with E-state index in [1.807, 2.05) is 32.4 Å². The Bertz CT molecular complexity index is 1410. The first-order valence-electron chi connectivity index (χ1n) is 11.0. The van der Waals surface area contributed by atoms with Crippen molar-refractivity contribution in [3.8, 4) is 0 Å². The molecule has 2 aliphatic heterocycles. The second-order valence-electron chi connectivity index (χ2n) is 8.54. The van der Waals surface area contributed by atoms with Gasteiger partial charge in [0.15, 0.2) is 0 Å². The zero-order valence-electron chi connectivity index (χ0n) is 18.2. The van der Waals surface area contributed by atoms with E-state index in [2.05, 4.69) is 36.7 Å². The Morgan fingerprint density at radius 3 is 2.88 bits per heavy atom. The average Bonchev–Trinajstić information content (AvgIpc) is 3.27. The van der Waals surface area contributed by atoms with Crippen molar-refractivity contribution in [2.75, 3.05) is 22.9 Å². The fraction of sp³-hybridized carbons (Fsp3) is 0.348. The minimum Gasteiger partial charge on any atom is -0.351 e. The largest absolute Gasteiger partial charge is 0.351 e. The molecule has 0 bridgehead atoms. The van der Waals surface area contributed by atoms with Crippen LogP contribution < -0.4 is 15.4 Å². The van der Waals surface area contributed by atoms with Crippen molar-refractivity contribution in [1.82, 2.24) is 29.1 Å². The zero-order chi connectivity index (χ0) is 21.8. The van der Waals surface area contributed by atoms with Crippen molar-refractivity contribution >= 4 is 23.1 Å². The number of pyridine rings is 1. The van der Waals surface area contributed by atoms with Gasteiger partial charge in [-0.15, -0.1) is 0 Å². The summed E-state index contributed by atoms with van der Waals surface area (Å²) < 4.78 is 3.57. The van der Waals surface area contributed by atoms with Gasteiger partial charge >= 0.3 is 0 Å². The number of aryl methyl sites for hydroxylation is 3.